The second-order valence-corrected chi connectivity index (χ2v) is 4.51. The second-order valence-electron chi connectivity index (χ2n) is 4.07. The highest BCUT2D eigenvalue weighted by atomic mass is 35.5. The van der Waals surface area contributed by atoms with Crippen molar-refractivity contribution >= 4 is 11.6 Å². The maximum atomic E-state index is 5.89. The molecule has 0 saturated carbocycles. The molecule has 0 fully saturated rings. The molecule has 0 unspecified atom stereocenters. The number of hydrogen-bond donors (Lipinski definition) is 0. The maximum absolute atomic E-state index is 5.89. The van der Waals surface area contributed by atoms with Gasteiger partial charge in [0, 0.05) is 16.4 Å². The van der Waals surface area contributed by atoms with Gasteiger partial charge in [0.25, 0.3) is 0 Å². The van der Waals surface area contributed by atoms with E-state index < -0.39 is 0 Å². The summed E-state index contributed by atoms with van der Waals surface area (Å²) >= 11 is 5.89. The third-order valence-corrected chi connectivity index (χ3v) is 3.03. The molecule has 0 spiro atoms. The molecule has 0 aliphatic rings. The largest absolute Gasteiger partial charge is 0.492 e. The SMILES string of the molecule is Cc1ccc(C)n1CCOc1cccc(Cl)c1. The predicted octanol–water partition coefficient (Wildman–Crippen LogP) is 3.84. The molecular weight excluding hydrogens is 234 g/mol. The van der Waals surface area contributed by atoms with E-state index in [1.807, 2.05) is 24.3 Å². The Kier molecular flexibility index (Phi) is 3.75. The van der Waals surface area contributed by atoms with E-state index in [1.54, 1.807) is 0 Å². The molecule has 0 bridgehead atoms. The number of aromatic nitrogens is 1. The third kappa shape index (κ3) is 3.04. The smallest absolute Gasteiger partial charge is 0.120 e. The zero-order chi connectivity index (χ0) is 12.3. The minimum absolute atomic E-state index is 0.650. The number of halogens is 1. The summed E-state index contributed by atoms with van der Waals surface area (Å²) in [4.78, 5) is 0. The van der Waals surface area contributed by atoms with Gasteiger partial charge in [0.15, 0.2) is 0 Å². The molecule has 0 aliphatic heterocycles. The fraction of sp³-hybridized carbons (Fsp3) is 0.286. The number of rotatable bonds is 4. The van der Waals surface area contributed by atoms with Gasteiger partial charge < -0.3 is 9.30 Å². The van der Waals surface area contributed by atoms with Gasteiger partial charge in [-0.05, 0) is 44.2 Å². The monoisotopic (exact) mass is 249 g/mol. The number of benzene rings is 1. The lowest BCUT2D eigenvalue weighted by Crippen LogP contribution is -2.10. The summed E-state index contributed by atoms with van der Waals surface area (Å²) in [5.74, 6) is 0.819. The van der Waals surface area contributed by atoms with Gasteiger partial charge in [0.2, 0.25) is 0 Å². The molecule has 1 aromatic heterocycles. The van der Waals surface area contributed by atoms with Crippen molar-refractivity contribution in [3.05, 3.63) is 52.8 Å². The molecule has 0 saturated heterocycles. The molecule has 90 valence electrons. The van der Waals surface area contributed by atoms with E-state index in [4.69, 9.17) is 16.3 Å². The van der Waals surface area contributed by atoms with Crippen LogP contribution in [0.1, 0.15) is 11.4 Å². The van der Waals surface area contributed by atoms with Crippen molar-refractivity contribution in [1.29, 1.82) is 0 Å². The Morgan fingerprint density at radius 3 is 2.47 bits per heavy atom. The van der Waals surface area contributed by atoms with Gasteiger partial charge in [-0.1, -0.05) is 17.7 Å². The molecule has 1 heterocycles. The van der Waals surface area contributed by atoms with Crippen LogP contribution in [0.5, 0.6) is 5.75 Å². The summed E-state index contributed by atoms with van der Waals surface area (Å²) < 4.78 is 7.91. The predicted molar refractivity (Wildman–Crippen MR) is 70.9 cm³/mol. The summed E-state index contributed by atoms with van der Waals surface area (Å²) in [7, 11) is 0. The molecule has 0 aliphatic carbocycles. The van der Waals surface area contributed by atoms with Gasteiger partial charge in [0.05, 0.1) is 6.54 Å². The quantitative estimate of drug-likeness (QED) is 0.803. The average Bonchev–Trinajstić information content (AvgIpc) is 2.61. The van der Waals surface area contributed by atoms with Crippen molar-refractivity contribution < 1.29 is 4.74 Å². The normalized spacial score (nSPS) is 10.5. The van der Waals surface area contributed by atoms with Crippen LogP contribution in [0.15, 0.2) is 36.4 Å². The fourth-order valence-electron chi connectivity index (χ4n) is 1.86. The van der Waals surface area contributed by atoms with Crippen LogP contribution >= 0.6 is 11.6 Å². The zero-order valence-corrected chi connectivity index (χ0v) is 10.9. The first kappa shape index (κ1) is 12.1. The summed E-state index contributed by atoms with van der Waals surface area (Å²) in [5, 5.41) is 0.704. The summed E-state index contributed by atoms with van der Waals surface area (Å²) in [6, 6.07) is 11.7. The summed E-state index contributed by atoms with van der Waals surface area (Å²) in [6.07, 6.45) is 0. The van der Waals surface area contributed by atoms with Crippen LogP contribution in [-0.4, -0.2) is 11.2 Å². The molecule has 3 heteroatoms. The molecule has 2 aromatic rings. The van der Waals surface area contributed by atoms with Gasteiger partial charge in [-0.2, -0.15) is 0 Å². The Bertz CT molecular complexity index is 485. The third-order valence-electron chi connectivity index (χ3n) is 2.80. The van der Waals surface area contributed by atoms with Crippen molar-refractivity contribution in [3.63, 3.8) is 0 Å². The van der Waals surface area contributed by atoms with Crippen molar-refractivity contribution in [2.75, 3.05) is 6.61 Å². The van der Waals surface area contributed by atoms with Crippen molar-refractivity contribution in [1.82, 2.24) is 4.57 Å². The van der Waals surface area contributed by atoms with Gasteiger partial charge in [-0.3, -0.25) is 0 Å². The number of hydrogen-bond acceptors (Lipinski definition) is 1. The van der Waals surface area contributed by atoms with Crippen LogP contribution < -0.4 is 4.74 Å². The maximum Gasteiger partial charge on any atom is 0.120 e. The van der Waals surface area contributed by atoms with Gasteiger partial charge >= 0.3 is 0 Å². The van der Waals surface area contributed by atoms with E-state index in [2.05, 4.69) is 30.5 Å². The van der Waals surface area contributed by atoms with E-state index in [0.29, 0.717) is 11.6 Å². The van der Waals surface area contributed by atoms with Crippen LogP contribution in [0, 0.1) is 13.8 Å². The van der Waals surface area contributed by atoms with Crippen molar-refractivity contribution in [3.8, 4) is 5.75 Å². The molecule has 17 heavy (non-hydrogen) atoms. The number of ether oxygens (including phenoxy) is 1. The van der Waals surface area contributed by atoms with E-state index in [0.717, 1.165) is 12.3 Å². The Labute approximate surface area is 107 Å². The molecule has 0 amide bonds. The minimum atomic E-state index is 0.650. The Morgan fingerprint density at radius 1 is 1.12 bits per heavy atom. The second kappa shape index (κ2) is 5.28. The van der Waals surface area contributed by atoms with E-state index in [9.17, 15) is 0 Å². The zero-order valence-electron chi connectivity index (χ0n) is 10.1. The van der Waals surface area contributed by atoms with Crippen LogP contribution in [0.4, 0.5) is 0 Å². The summed E-state index contributed by atoms with van der Waals surface area (Å²) in [6.45, 7) is 5.71. The van der Waals surface area contributed by atoms with E-state index in [1.165, 1.54) is 11.4 Å². The molecule has 0 radical (unpaired) electrons. The van der Waals surface area contributed by atoms with Crippen LogP contribution in [0.2, 0.25) is 5.02 Å². The Hall–Kier alpha value is -1.41. The van der Waals surface area contributed by atoms with E-state index >= 15 is 0 Å². The first-order chi connectivity index (χ1) is 8.16. The van der Waals surface area contributed by atoms with Gasteiger partial charge in [-0.15, -0.1) is 0 Å². The van der Waals surface area contributed by atoms with Crippen LogP contribution in [-0.2, 0) is 6.54 Å². The molecule has 2 rings (SSSR count). The first-order valence-electron chi connectivity index (χ1n) is 5.68. The number of aryl methyl sites for hydroxylation is 2. The molecule has 2 nitrogen and oxygen atoms in total. The lowest BCUT2D eigenvalue weighted by Gasteiger charge is -2.10. The van der Waals surface area contributed by atoms with E-state index in [-0.39, 0.29) is 0 Å². The number of nitrogens with zero attached hydrogens (tertiary/aromatic N) is 1. The topological polar surface area (TPSA) is 14.2 Å². The highest BCUT2D eigenvalue weighted by Crippen LogP contribution is 2.17. The lowest BCUT2D eigenvalue weighted by molar-refractivity contribution is 0.296. The molecule has 0 atom stereocenters. The Morgan fingerprint density at radius 2 is 1.82 bits per heavy atom. The van der Waals surface area contributed by atoms with Crippen LogP contribution in [0.3, 0.4) is 0 Å². The highest BCUT2D eigenvalue weighted by molar-refractivity contribution is 6.30. The average molecular weight is 250 g/mol. The lowest BCUT2D eigenvalue weighted by atomic mass is 10.3. The minimum Gasteiger partial charge on any atom is -0.492 e. The first-order valence-corrected chi connectivity index (χ1v) is 6.06. The van der Waals surface area contributed by atoms with Gasteiger partial charge in [0.1, 0.15) is 12.4 Å². The molecule has 0 N–H and O–H groups in total. The van der Waals surface area contributed by atoms with Crippen molar-refractivity contribution in [2.45, 2.75) is 20.4 Å². The highest BCUT2D eigenvalue weighted by Gasteiger charge is 2.01. The van der Waals surface area contributed by atoms with Crippen molar-refractivity contribution in [2.24, 2.45) is 0 Å². The molecular formula is C14H16ClNO. The van der Waals surface area contributed by atoms with Gasteiger partial charge in [-0.25, -0.2) is 0 Å². The molecule has 1 aromatic carbocycles. The fourth-order valence-corrected chi connectivity index (χ4v) is 2.04. The Balaban J connectivity index is 1.92. The standard InChI is InChI=1S/C14H16ClNO/c1-11-6-7-12(2)16(11)8-9-17-14-5-3-4-13(15)10-14/h3-7,10H,8-9H2,1-2H3. The summed E-state index contributed by atoms with van der Waals surface area (Å²) in [5.41, 5.74) is 2.52. The van der Waals surface area contributed by atoms with Crippen LogP contribution in [0.25, 0.3) is 0 Å².